The van der Waals surface area contributed by atoms with Gasteiger partial charge in [0.15, 0.2) is 22.6 Å². The summed E-state index contributed by atoms with van der Waals surface area (Å²) in [6.07, 6.45) is 26.2. The number of H-pyrrole nitrogens is 4. The van der Waals surface area contributed by atoms with Crippen LogP contribution in [0.2, 0.25) is 0 Å². The van der Waals surface area contributed by atoms with Crippen molar-refractivity contribution >= 4 is 95.4 Å². The Morgan fingerprint density at radius 1 is 0.418 bits per heavy atom. The van der Waals surface area contributed by atoms with E-state index in [1.807, 2.05) is 54.2 Å². The monoisotopic (exact) mass is 1820 g/mol. The summed E-state index contributed by atoms with van der Waals surface area (Å²) in [4.78, 5) is 65.0. The van der Waals surface area contributed by atoms with Crippen LogP contribution in [0.25, 0.3) is 111 Å². The number of aromatic nitrogens is 20. The number of aromatic amines is 4. The second-order valence-electron chi connectivity index (χ2n) is 34.6. The van der Waals surface area contributed by atoms with Crippen molar-refractivity contribution in [3.05, 3.63) is 311 Å². The van der Waals surface area contributed by atoms with E-state index in [0.717, 1.165) is 105 Å². The van der Waals surface area contributed by atoms with E-state index in [1.165, 1.54) is 91.0 Å². The molecule has 0 atom stereocenters. The van der Waals surface area contributed by atoms with Crippen LogP contribution in [0.3, 0.4) is 0 Å². The summed E-state index contributed by atoms with van der Waals surface area (Å²) in [6.45, 7) is 20.8. The molecule has 0 aliphatic rings. The summed E-state index contributed by atoms with van der Waals surface area (Å²) in [5, 5.41) is 36.2. The van der Waals surface area contributed by atoms with Gasteiger partial charge in [-0.3, -0.25) is 29.6 Å². The average Bonchev–Trinajstić information content (AvgIpc) is 1.63. The van der Waals surface area contributed by atoms with Gasteiger partial charge in [-0.05, 0) is 120 Å². The number of carbonyl (C=O) groups is 1. The number of hydrogen-bond acceptors (Lipinski definition) is 18. The Hall–Kier alpha value is -15.8. The van der Waals surface area contributed by atoms with Gasteiger partial charge < -0.3 is 41.2 Å². The van der Waals surface area contributed by atoms with Gasteiger partial charge in [-0.2, -0.15) is 38.5 Å². The van der Waals surface area contributed by atoms with Crippen molar-refractivity contribution < 1.29 is 44.8 Å². The van der Waals surface area contributed by atoms with Crippen LogP contribution in [-0.2, 0) is 41.4 Å². The zero-order chi connectivity index (χ0) is 94.0. The predicted octanol–water partition coefficient (Wildman–Crippen LogP) is 20.5. The summed E-state index contributed by atoms with van der Waals surface area (Å²) in [5.74, 6) is -1.66. The zero-order valence-electron chi connectivity index (χ0n) is 74.9. The van der Waals surface area contributed by atoms with Crippen LogP contribution in [0.1, 0.15) is 116 Å². The summed E-state index contributed by atoms with van der Waals surface area (Å²) < 4.78 is 118. The normalized spacial score (nSPS) is 11.8. The van der Waals surface area contributed by atoms with Gasteiger partial charge in [-0.1, -0.05) is 91.8 Å². The Balaban J connectivity index is 0.000000124. The van der Waals surface area contributed by atoms with Crippen LogP contribution in [-0.4, -0.2) is 150 Å². The van der Waals surface area contributed by atoms with Crippen LogP contribution in [0, 0.1) is 53.5 Å². The van der Waals surface area contributed by atoms with E-state index in [4.69, 9.17) is 19.8 Å². The second-order valence-corrected chi connectivity index (χ2v) is 34.6. The van der Waals surface area contributed by atoms with Gasteiger partial charge in [0.05, 0.1) is 90.5 Å². The number of hydrogen-bond donors (Lipinski definition) is 8. The van der Waals surface area contributed by atoms with Gasteiger partial charge in [-0.15, -0.1) is 0 Å². The largest absolute Gasteiger partial charge is 0.370 e. The maximum Gasteiger partial charge on any atom is 0.282 e. The molecule has 0 radical (unpaired) electrons. The summed E-state index contributed by atoms with van der Waals surface area (Å²) >= 11 is 0. The average molecular weight is 1820 g/mol. The molecule has 0 bridgehead atoms. The van der Waals surface area contributed by atoms with E-state index in [2.05, 4.69) is 172 Å². The van der Waals surface area contributed by atoms with Crippen molar-refractivity contribution in [2.45, 2.75) is 105 Å². The molecule has 0 fully saturated rings. The minimum atomic E-state index is -0.619. The first kappa shape index (κ1) is 90.1. The number of nitrogens with one attached hydrogen (secondary N) is 8. The van der Waals surface area contributed by atoms with Crippen molar-refractivity contribution in [3.8, 4) is 45.0 Å². The van der Waals surface area contributed by atoms with Gasteiger partial charge in [0.2, 0.25) is 0 Å². The van der Waals surface area contributed by atoms with Crippen molar-refractivity contribution in [1.82, 2.24) is 103 Å². The molecule has 20 aromatic rings. The Kier molecular flexibility index (Phi) is 25.5. The fourth-order valence-electron chi connectivity index (χ4n) is 16.2. The molecule has 35 heteroatoms. The smallest absolute Gasteiger partial charge is 0.282 e. The molecule has 16 aromatic heterocycles. The number of nitrogens with zero attached hydrogens (tertiary/aromatic N) is 17. The highest BCUT2D eigenvalue weighted by atomic mass is 19.2. The molecule has 8 N–H and O–H groups in total. The number of rotatable bonds is 23. The van der Waals surface area contributed by atoms with Gasteiger partial charge in [-0.25, -0.2) is 60.1 Å². The van der Waals surface area contributed by atoms with Gasteiger partial charge in [0.25, 0.3) is 5.91 Å². The number of carbonyl (C=O) groups excluding carboxylic acids is 1. The zero-order valence-corrected chi connectivity index (χ0v) is 74.9. The van der Waals surface area contributed by atoms with Crippen molar-refractivity contribution in [3.63, 3.8) is 0 Å². The number of anilines is 4. The highest BCUT2D eigenvalue weighted by molar-refractivity contribution is 5.99. The number of para-hydroxylation sites is 2. The van der Waals surface area contributed by atoms with E-state index >= 15 is 0 Å². The van der Waals surface area contributed by atoms with Crippen molar-refractivity contribution in [1.29, 1.82) is 0 Å². The van der Waals surface area contributed by atoms with Crippen LogP contribution < -0.4 is 21.3 Å². The maximum atomic E-state index is 14.2. The van der Waals surface area contributed by atoms with Crippen LogP contribution in [0.5, 0.6) is 0 Å². The Labute approximate surface area is 762 Å². The highest BCUT2D eigenvalue weighted by Gasteiger charge is 2.28. The highest BCUT2D eigenvalue weighted by Crippen LogP contribution is 2.36. The lowest BCUT2D eigenvalue weighted by molar-refractivity contribution is -0.0755. The molecule has 0 unspecified atom stereocenters. The molecule has 0 aliphatic carbocycles. The first-order valence-electron chi connectivity index (χ1n) is 43.3. The molecule has 682 valence electrons. The molecule has 1 amide bonds. The predicted molar refractivity (Wildman–Crippen MR) is 502 cm³/mol. The topological polar surface area (TPSA) is 313 Å². The lowest BCUT2D eigenvalue weighted by Crippen LogP contribution is -2.25. The Bertz CT molecular complexity index is 7740. The first-order chi connectivity index (χ1) is 64.5. The molecule has 0 spiro atoms. The second kappa shape index (κ2) is 37.9. The maximum absolute atomic E-state index is 14.2. The number of benzene rings is 4. The molecule has 0 saturated heterocycles. The molecule has 0 aliphatic heterocycles. The molecular weight excluding hydrogens is 1720 g/mol. The van der Waals surface area contributed by atoms with Crippen molar-refractivity contribution in [2.75, 3.05) is 61.6 Å². The molecular formula is C99H93F8N25O2. The third-order valence-corrected chi connectivity index (χ3v) is 23.0. The van der Waals surface area contributed by atoms with Crippen LogP contribution in [0.4, 0.5) is 58.4 Å². The van der Waals surface area contributed by atoms with Crippen LogP contribution >= 0.6 is 0 Å². The third-order valence-electron chi connectivity index (χ3n) is 23.0. The molecule has 134 heavy (non-hydrogen) atoms. The van der Waals surface area contributed by atoms with Gasteiger partial charge in [0.1, 0.15) is 75.4 Å². The Morgan fingerprint density at radius 2 is 0.791 bits per heavy atom. The molecule has 0 saturated carbocycles. The number of pyridine rings is 4. The van der Waals surface area contributed by atoms with E-state index in [0.29, 0.717) is 135 Å². The molecule has 20 rings (SSSR count). The van der Waals surface area contributed by atoms with Crippen LogP contribution in [0.15, 0.2) is 214 Å². The van der Waals surface area contributed by atoms with E-state index in [9.17, 15) is 39.9 Å². The number of hydroxylamine groups is 2. The number of fused-ring (bicyclic) bond motifs is 8. The first-order valence-corrected chi connectivity index (χ1v) is 43.3. The number of amides is 1. The minimum Gasteiger partial charge on any atom is -0.370 e. The summed E-state index contributed by atoms with van der Waals surface area (Å²) in [5.41, 5.74) is 17.4. The van der Waals surface area contributed by atoms with Gasteiger partial charge >= 0.3 is 0 Å². The standard InChI is InChI=1S/C26H25F3N6.C25H25FN6.C24H21F3N6.C24H22FN7O2/c1-14-18(19-8-16(27)9-21(29)24(19)33-14)5-6-31-23-10-22(15-7-17(28)12-30-11-15)34-25-20(26(2,3)4)13-32-35(23)25;1-25(2,3)20-15-30-32-23(11-22(31-24(20)32)17-10-18(26)14-27-12-17)28-9-8-16-13-29-21-7-5-4-6-19(16)21;1-13(2)19-12-31-33-22(8-21(32-24(19)33)15-5-17(26)11-28-9-15)29-4-3-14-10-30-23-18(14)6-16(25)7-20(23)27;1-31(34-2)24(33)19-14-29-32-22(10-21(30-23(19)32)16-9-17(25)13-26-11-16)27-8-7-15-12-28-20-6-4-3-5-18(15)20/h7-13,31,33H,5-6H2,1-4H3;4-7,10-15,28-29H,8-9H2,1-3H3;5-13,29-30H,3-4H2,1-2H3;3-6,9-14,27-28H,7-8H2,1-2H3. The molecule has 16 heterocycles. The fraction of sp³-hybridized carbons (Fsp3) is 0.222. The summed E-state index contributed by atoms with van der Waals surface area (Å²) in [7, 11) is 2.91. The third kappa shape index (κ3) is 19.2. The SMILES string of the molecule is CC(C)(C)c1cnn2c(NCCc3c[nH]c4ccccc34)cc(-c3cncc(F)c3)nc12.CC(C)c1cnn2c(NCCc3c[nH]c4c(F)cc(F)cc34)cc(-c3cncc(F)c3)nc12.CON(C)C(=O)c1cnn2c(NCCc3c[nH]c4ccccc34)cc(-c3cncc(F)c3)nc12.Cc1[nH]c2c(F)cc(F)cc2c1CCNc1cc(-c2cncc(F)c2)nc2c(C(C)(C)C)cnn12. The Morgan fingerprint density at radius 3 is 1.22 bits per heavy atom. The molecule has 4 aromatic carbocycles. The van der Waals surface area contributed by atoms with Gasteiger partial charge in [0, 0.05) is 190 Å². The fourth-order valence-corrected chi connectivity index (χ4v) is 16.2. The number of halogens is 8. The minimum absolute atomic E-state index is 0.130. The quantitative estimate of drug-likeness (QED) is 0.0218. The van der Waals surface area contributed by atoms with E-state index < -0.39 is 46.6 Å². The van der Waals surface area contributed by atoms with E-state index in [-0.39, 0.29) is 33.6 Å². The lowest BCUT2D eigenvalue weighted by Gasteiger charge is -2.17. The molecule has 27 nitrogen and oxygen atoms in total. The van der Waals surface area contributed by atoms with Crippen molar-refractivity contribution in [2.24, 2.45) is 0 Å². The summed E-state index contributed by atoms with van der Waals surface area (Å²) in [6, 6.07) is 33.7. The lowest BCUT2D eigenvalue weighted by atomic mass is 9.89. The number of aryl methyl sites for hydroxylation is 1. The van der Waals surface area contributed by atoms with E-state index in [1.54, 1.807) is 68.9 Å².